The summed E-state index contributed by atoms with van der Waals surface area (Å²) in [6, 6.07) is 22.4. The van der Waals surface area contributed by atoms with E-state index in [1.165, 1.54) is 17.2 Å². The van der Waals surface area contributed by atoms with Crippen LogP contribution in [-0.2, 0) is 11.3 Å². The van der Waals surface area contributed by atoms with E-state index in [4.69, 9.17) is 10.3 Å². The normalized spacial score (nSPS) is 11.0. The molecule has 0 radical (unpaired) electrons. The zero-order chi connectivity index (χ0) is 24.4. The van der Waals surface area contributed by atoms with Gasteiger partial charge < -0.3 is 20.5 Å². The molecule has 0 spiro atoms. The molecule has 0 unspecified atom stereocenters. The van der Waals surface area contributed by atoms with Crippen LogP contribution in [0.3, 0.4) is 0 Å². The third kappa shape index (κ3) is 4.96. The molecule has 0 aliphatic carbocycles. The molecule has 8 heteroatoms. The number of pyridine rings is 1. The highest BCUT2D eigenvalue weighted by molar-refractivity contribution is 6.00. The number of carbonyl (C=O) groups is 2. The number of carbonyl (C=O) groups excluding carboxylic acids is 2. The maximum absolute atomic E-state index is 13.0. The third-order valence-corrected chi connectivity index (χ3v) is 5.68. The van der Waals surface area contributed by atoms with Crippen LogP contribution >= 0.6 is 0 Å². The van der Waals surface area contributed by atoms with Gasteiger partial charge in [-0.05, 0) is 42.8 Å². The minimum Gasteiger partial charge on any atom is -0.399 e. The minimum atomic E-state index is -0.414. The van der Waals surface area contributed by atoms with E-state index >= 15 is 0 Å². The fourth-order valence-electron chi connectivity index (χ4n) is 3.89. The Balaban J connectivity index is 1.36. The van der Waals surface area contributed by atoms with E-state index < -0.39 is 5.91 Å². The Morgan fingerprint density at radius 3 is 2.43 bits per heavy atom. The molecule has 5 aromatic rings. The average Bonchev–Trinajstić information content (AvgIpc) is 3.38. The van der Waals surface area contributed by atoms with Crippen molar-refractivity contribution in [3.63, 3.8) is 0 Å². The zero-order valence-corrected chi connectivity index (χ0v) is 19.1. The molecule has 3 aromatic carbocycles. The van der Waals surface area contributed by atoms with Gasteiger partial charge in [0.25, 0.3) is 5.91 Å². The summed E-state index contributed by atoms with van der Waals surface area (Å²) in [5, 5.41) is 8.42. The van der Waals surface area contributed by atoms with E-state index in [2.05, 4.69) is 15.5 Å². The summed E-state index contributed by atoms with van der Waals surface area (Å²) in [4.78, 5) is 32.0. The van der Waals surface area contributed by atoms with Crippen LogP contribution in [0.25, 0.3) is 21.8 Å². The van der Waals surface area contributed by atoms with Crippen LogP contribution in [0, 0.1) is 6.92 Å². The number of nitrogens with one attached hydrogen (secondary N) is 1. The number of benzene rings is 3. The van der Waals surface area contributed by atoms with Crippen LogP contribution < -0.4 is 11.1 Å². The topological polar surface area (TPSA) is 114 Å². The molecule has 2 heterocycles. The lowest BCUT2D eigenvalue weighted by Crippen LogP contribution is -2.37. The zero-order valence-electron chi connectivity index (χ0n) is 19.1. The predicted molar refractivity (Wildman–Crippen MR) is 135 cm³/mol. The Morgan fingerprint density at radius 2 is 1.69 bits per heavy atom. The number of hydrogen-bond donors (Lipinski definition) is 2. The van der Waals surface area contributed by atoms with Gasteiger partial charge >= 0.3 is 0 Å². The van der Waals surface area contributed by atoms with Gasteiger partial charge in [0.05, 0.1) is 17.2 Å². The quantitative estimate of drug-likeness (QED) is 0.281. The molecule has 5 rings (SSSR count). The van der Waals surface area contributed by atoms with Crippen LogP contribution in [-0.4, -0.2) is 33.4 Å². The van der Waals surface area contributed by atoms with Crippen LogP contribution in [0.4, 0.5) is 11.4 Å². The first-order chi connectivity index (χ1) is 16.9. The number of hydrogen-bond acceptors (Lipinski definition) is 6. The Kier molecular flexibility index (Phi) is 5.85. The molecule has 0 saturated heterocycles. The first kappa shape index (κ1) is 22.1. The second-order valence-corrected chi connectivity index (χ2v) is 8.42. The summed E-state index contributed by atoms with van der Waals surface area (Å²) < 4.78 is 5.03. The minimum absolute atomic E-state index is 0.0750. The van der Waals surface area contributed by atoms with E-state index in [9.17, 15) is 9.59 Å². The molecule has 2 amide bonds. The smallest absolute Gasteiger partial charge is 0.293 e. The Bertz CT molecular complexity index is 1530. The number of anilines is 2. The molecule has 0 atom stereocenters. The molecule has 8 nitrogen and oxygen atoms in total. The number of rotatable bonds is 6. The van der Waals surface area contributed by atoms with E-state index in [0.717, 1.165) is 32.9 Å². The number of nitrogens with zero attached hydrogens (tertiary/aromatic N) is 3. The maximum atomic E-state index is 13.0. The van der Waals surface area contributed by atoms with Gasteiger partial charge in [0, 0.05) is 34.8 Å². The van der Waals surface area contributed by atoms with Gasteiger partial charge in [-0.2, -0.15) is 0 Å². The van der Waals surface area contributed by atoms with Crippen molar-refractivity contribution in [1.29, 1.82) is 0 Å². The number of nitrogens with two attached hydrogens (primary N) is 1. The second kappa shape index (κ2) is 9.26. The van der Waals surface area contributed by atoms with Crippen molar-refractivity contribution >= 4 is 45.0 Å². The summed E-state index contributed by atoms with van der Waals surface area (Å²) in [6.45, 7) is 2.08. The van der Waals surface area contributed by atoms with Crippen molar-refractivity contribution in [3.8, 4) is 0 Å². The van der Waals surface area contributed by atoms with Gasteiger partial charge in [-0.1, -0.05) is 47.1 Å². The molecular weight excluding hydrogens is 442 g/mol. The van der Waals surface area contributed by atoms with E-state index in [1.54, 1.807) is 6.07 Å². The SMILES string of the molecule is Cc1ccc(CN(CC(=O)Nc2ccc3cc4ccc(N)cc4nc3c2)C(=O)c2ccno2)cc1. The van der Waals surface area contributed by atoms with Crippen molar-refractivity contribution in [2.24, 2.45) is 0 Å². The summed E-state index contributed by atoms with van der Waals surface area (Å²) >= 11 is 0. The van der Waals surface area contributed by atoms with Gasteiger partial charge in [0.15, 0.2) is 0 Å². The van der Waals surface area contributed by atoms with Gasteiger partial charge in [-0.15, -0.1) is 0 Å². The van der Waals surface area contributed by atoms with Crippen LogP contribution in [0.15, 0.2) is 83.5 Å². The van der Waals surface area contributed by atoms with Crippen LogP contribution in [0.2, 0.25) is 0 Å². The molecule has 0 fully saturated rings. The summed E-state index contributed by atoms with van der Waals surface area (Å²) in [5.74, 6) is -0.678. The van der Waals surface area contributed by atoms with Gasteiger partial charge in [-0.3, -0.25) is 9.59 Å². The van der Waals surface area contributed by atoms with Crippen molar-refractivity contribution in [1.82, 2.24) is 15.0 Å². The molecular formula is C27H23N5O3. The largest absolute Gasteiger partial charge is 0.399 e. The van der Waals surface area contributed by atoms with Crippen molar-refractivity contribution in [2.45, 2.75) is 13.5 Å². The van der Waals surface area contributed by atoms with Crippen molar-refractivity contribution in [3.05, 3.63) is 95.9 Å². The molecule has 0 bridgehead atoms. The average molecular weight is 466 g/mol. The Hall–Kier alpha value is -4.72. The lowest BCUT2D eigenvalue weighted by molar-refractivity contribution is -0.117. The van der Waals surface area contributed by atoms with Gasteiger partial charge in [-0.25, -0.2) is 4.98 Å². The highest BCUT2D eigenvalue weighted by Crippen LogP contribution is 2.24. The maximum Gasteiger partial charge on any atom is 0.293 e. The standard InChI is InChI=1S/C27H23N5O3/c1-17-2-4-18(5-3-17)15-32(27(34)25-10-11-29-35-25)16-26(33)30-22-9-7-20-12-19-6-8-21(28)13-23(19)31-24(20)14-22/h2-14H,15-16,28H2,1H3,(H,30,33). The lowest BCUT2D eigenvalue weighted by Gasteiger charge is -2.21. The fraction of sp³-hybridized carbons (Fsp3) is 0.111. The van der Waals surface area contributed by atoms with Crippen LogP contribution in [0.1, 0.15) is 21.7 Å². The molecule has 0 aliphatic rings. The lowest BCUT2D eigenvalue weighted by atomic mass is 10.1. The van der Waals surface area contributed by atoms with E-state index in [0.29, 0.717) is 11.4 Å². The Labute approximate surface area is 201 Å². The summed E-state index contributed by atoms with van der Waals surface area (Å²) in [6.07, 6.45) is 1.40. The van der Waals surface area contributed by atoms with Crippen LogP contribution in [0.5, 0.6) is 0 Å². The number of nitrogen functional groups attached to an aromatic ring is 1. The highest BCUT2D eigenvalue weighted by atomic mass is 16.5. The number of fused-ring (bicyclic) bond motifs is 2. The van der Waals surface area contributed by atoms with Crippen molar-refractivity contribution < 1.29 is 14.1 Å². The molecule has 0 saturated carbocycles. The third-order valence-electron chi connectivity index (χ3n) is 5.68. The number of aromatic nitrogens is 2. The van der Waals surface area contributed by atoms with Gasteiger partial charge in [0.1, 0.15) is 6.54 Å². The van der Waals surface area contributed by atoms with Gasteiger partial charge in [0.2, 0.25) is 11.7 Å². The molecule has 0 aliphatic heterocycles. The first-order valence-electron chi connectivity index (χ1n) is 11.1. The first-order valence-corrected chi connectivity index (χ1v) is 11.1. The Morgan fingerprint density at radius 1 is 0.943 bits per heavy atom. The molecule has 35 heavy (non-hydrogen) atoms. The molecule has 2 aromatic heterocycles. The van der Waals surface area contributed by atoms with E-state index in [-0.39, 0.29) is 24.8 Å². The second-order valence-electron chi connectivity index (χ2n) is 8.42. The summed E-state index contributed by atoms with van der Waals surface area (Å²) in [7, 11) is 0. The fourth-order valence-corrected chi connectivity index (χ4v) is 3.89. The highest BCUT2D eigenvalue weighted by Gasteiger charge is 2.22. The number of amides is 2. The number of aryl methyl sites for hydroxylation is 1. The predicted octanol–water partition coefficient (Wildman–Crippen LogP) is 4.55. The molecule has 3 N–H and O–H groups in total. The monoisotopic (exact) mass is 465 g/mol. The van der Waals surface area contributed by atoms with Crippen molar-refractivity contribution in [2.75, 3.05) is 17.6 Å². The van der Waals surface area contributed by atoms with E-state index in [1.807, 2.05) is 67.6 Å². The summed E-state index contributed by atoms with van der Waals surface area (Å²) in [5.41, 5.74) is 10.6. The molecule has 174 valence electrons.